The van der Waals surface area contributed by atoms with Crippen molar-refractivity contribution in [1.82, 2.24) is 0 Å². The molecule has 0 saturated heterocycles. The van der Waals surface area contributed by atoms with Crippen molar-refractivity contribution in [3.8, 4) is 0 Å². The molecule has 0 radical (unpaired) electrons. The third kappa shape index (κ3) is 3.80. The molecule has 0 aliphatic rings. The van der Waals surface area contributed by atoms with Crippen LogP contribution in [-0.4, -0.2) is 19.5 Å². The first-order valence-electron chi connectivity index (χ1n) is 4.55. The maximum atomic E-state index is 11.8. The zero-order valence-corrected chi connectivity index (χ0v) is 10.9. The van der Waals surface area contributed by atoms with Crippen molar-refractivity contribution in [2.24, 2.45) is 0 Å². The minimum absolute atomic E-state index is 0.0639. The van der Waals surface area contributed by atoms with E-state index in [-0.39, 0.29) is 5.75 Å². The number of hydrogen-bond acceptors (Lipinski definition) is 2. The molecule has 15 heavy (non-hydrogen) atoms. The van der Waals surface area contributed by atoms with E-state index in [1.165, 1.54) is 0 Å². The standard InChI is InChI=1S/C11H13BrO2S/c1-10(9-12)7-8-15(13,14)11-5-3-2-4-6-11/h2-7H,8-9H2,1H3/b10-7+. The second kappa shape index (κ2) is 5.47. The maximum Gasteiger partial charge on any atom is 0.181 e. The Bertz CT molecular complexity index is 435. The molecule has 0 aliphatic heterocycles. The molecule has 0 aromatic heterocycles. The van der Waals surface area contributed by atoms with Gasteiger partial charge in [-0.05, 0) is 19.1 Å². The summed E-state index contributed by atoms with van der Waals surface area (Å²) in [6.45, 7) is 1.90. The Morgan fingerprint density at radius 1 is 1.33 bits per heavy atom. The number of halogens is 1. The fraction of sp³-hybridized carbons (Fsp3) is 0.273. The molecule has 1 aromatic carbocycles. The van der Waals surface area contributed by atoms with Gasteiger partial charge in [-0.3, -0.25) is 0 Å². The van der Waals surface area contributed by atoms with Gasteiger partial charge in [-0.25, -0.2) is 8.42 Å². The minimum Gasteiger partial charge on any atom is -0.223 e. The van der Waals surface area contributed by atoms with Crippen LogP contribution < -0.4 is 0 Å². The van der Waals surface area contributed by atoms with E-state index in [9.17, 15) is 8.42 Å². The summed E-state index contributed by atoms with van der Waals surface area (Å²) >= 11 is 3.28. The van der Waals surface area contributed by atoms with Crippen molar-refractivity contribution in [1.29, 1.82) is 0 Å². The average molecular weight is 289 g/mol. The number of allylic oxidation sites excluding steroid dienone is 1. The molecule has 0 unspecified atom stereocenters. The lowest BCUT2D eigenvalue weighted by Gasteiger charge is -2.01. The molecule has 2 nitrogen and oxygen atoms in total. The first kappa shape index (κ1) is 12.5. The molecule has 0 spiro atoms. The SMILES string of the molecule is C/C(=C\CS(=O)(=O)c1ccccc1)CBr. The van der Waals surface area contributed by atoms with Gasteiger partial charge in [0.05, 0.1) is 10.6 Å². The van der Waals surface area contributed by atoms with Gasteiger partial charge < -0.3 is 0 Å². The van der Waals surface area contributed by atoms with Gasteiger partial charge in [0.25, 0.3) is 0 Å². The average Bonchev–Trinajstić information content (AvgIpc) is 2.27. The fourth-order valence-corrected chi connectivity index (χ4v) is 2.53. The van der Waals surface area contributed by atoms with Gasteiger partial charge in [0, 0.05) is 5.33 Å². The number of sulfone groups is 1. The summed E-state index contributed by atoms with van der Waals surface area (Å²) in [5.41, 5.74) is 1.02. The van der Waals surface area contributed by atoms with Gasteiger partial charge in [0.2, 0.25) is 0 Å². The molecule has 0 aliphatic carbocycles. The molecule has 4 heteroatoms. The number of alkyl halides is 1. The van der Waals surface area contributed by atoms with E-state index in [4.69, 9.17) is 0 Å². The van der Waals surface area contributed by atoms with Crippen LogP contribution in [0.25, 0.3) is 0 Å². The Morgan fingerprint density at radius 2 is 1.93 bits per heavy atom. The van der Waals surface area contributed by atoms with Crippen LogP contribution in [0.1, 0.15) is 6.92 Å². The highest BCUT2D eigenvalue weighted by Crippen LogP contribution is 2.11. The van der Waals surface area contributed by atoms with Crippen molar-refractivity contribution in [2.75, 3.05) is 11.1 Å². The summed E-state index contributed by atoms with van der Waals surface area (Å²) in [7, 11) is -3.16. The van der Waals surface area contributed by atoms with Crippen molar-refractivity contribution < 1.29 is 8.42 Å². The van der Waals surface area contributed by atoms with Crippen LogP contribution in [0, 0.1) is 0 Å². The number of rotatable bonds is 4. The molecule has 82 valence electrons. The van der Waals surface area contributed by atoms with Crippen molar-refractivity contribution in [3.63, 3.8) is 0 Å². The molecular formula is C11H13BrO2S. The molecule has 0 saturated carbocycles. The monoisotopic (exact) mass is 288 g/mol. The fourth-order valence-electron chi connectivity index (χ4n) is 1.03. The van der Waals surface area contributed by atoms with Crippen molar-refractivity contribution in [2.45, 2.75) is 11.8 Å². The summed E-state index contributed by atoms with van der Waals surface area (Å²) in [5.74, 6) is 0.0639. The van der Waals surface area contributed by atoms with Crippen LogP contribution in [0.2, 0.25) is 0 Å². The minimum atomic E-state index is -3.16. The second-order valence-corrected chi connectivity index (χ2v) is 5.87. The van der Waals surface area contributed by atoms with Crippen LogP contribution in [0.3, 0.4) is 0 Å². The zero-order chi connectivity index (χ0) is 11.3. The van der Waals surface area contributed by atoms with Crippen LogP contribution >= 0.6 is 15.9 Å². The van der Waals surface area contributed by atoms with Gasteiger partial charge in [-0.1, -0.05) is 45.8 Å². The highest BCUT2D eigenvalue weighted by Gasteiger charge is 2.11. The predicted molar refractivity (Wildman–Crippen MR) is 66.0 cm³/mol. The summed E-state index contributed by atoms with van der Waals surface area (Å²) in [5, 5.41) is 0.706. The lowest BCUT2D eigenvalue weighted by atomic mass is 10.3. The number of benzene rings is 1. The molecule has 0 heterocycles. The summed E-state index contributed by atoms with van der Waals surface area (Å²) in [4.78, 5) is 0.378. The molecule has 0 amide bonds. The van der Waals surface area contributed by atoms with Gasteiger partial charge in [0.15, 0.2) is 9.84 Å². The Morgan fingerprint density at radius 3 is 2.47 bits per heavy atom. The highest BCUT2D eigenvalue weighted by atomic mass is 79.9. The largest absolute Gasteiger partial charge is 0.223 e. The van der Waals surface area contributed by atoms with Crippen molar-refractivity contribution >= 4 is 25.8 Å². The van der Waals surface area contributed by atoms with Crippen molar-refractivity contribution in [3.05, 3.63) is 42.0 Å². The van der Waals surface area contributed by atoms with Crippen LogP contribution in [0.5, 0.6) is 0 Å². The molecule has 1 aromatic rings. The first-order chi connectivity index (χ1) is 7.06. The topological polar surface area (TPSA) is 34.1 Å². The van der Waals surface area contributed by atoms with Crippen LogP contribution in [0.15, 0.2) is 46.9 Å². The van der Waals surface area contributed by atoms with Gasteiger partial charge in [-0.2, -0.15) is 0 Å². The first-order valence-corrected chi connectivity index (χ1v) is 7.33. The Balaban J connectivity index is 2.87. The van der Waals surface area contributed by atoms with Gasteiger partial charge in [-0.15, -0.1) is 0 Å². The lowest BCUT2D eigenvalue weighted by molar-refractivity contribution is 0.599. The normalized spacial score (nSPS) is 12.8. The van der Waals surface area contributed by atoms with E-state index in [1.54, 1.807) is 36.4 Å². The Labute approximate surface area is 99.1 Å². The smallest absolute Gasteiger partial charge is 0.181 e. The van der Waals surface area contributed by atoms with E-state index in [0.29, 0.717) is 10.2 Å². The molecule has 0 fully saturated rings. The molecule has 0 atom stereocenters. The lowest BCUT2D eigenvalue weighted by Crippen LogP contribution is -2.05. The summed E-state index contributed by atoms with van der Waals surface area (Å²) < 4.78 is 23.6. The quantitative estimate of drug-likeness (QED) is 0.631. The molecule has 0 N–H and O–H groups in total. The van der Waals surface area contributed by atoms with Gasteiger partial charge in [0.1, 0.15) is 0 Å². The maximum absolute atomic E-state index is 11.8. The summed E-state index contributed by atoms with van der Waals surface area (Å²) in [6, 6.07) is 8.50. The molecule has 1 rings (SSSR count). The predicted octanol–water partition coefficient (Wildman–Crippen LogP) is 2.80. The molecular weight excluding hydrogens is 276 g/mol. The van der Waals surface area contributed by atoms with Crippen LogP contribution in [0.4, 0.5) is 0 Å². The number of hydrogen-bond donors (Lipinski definition) is 0. The Hall–Kier alpha value is -0.610. The van der Waals surface area contributed by atoms with E-state index in [0.717, 1.165) is 5.57 Å². The third-order valence-corrected chi connectivity index (χ3v) is 4.44. The van der Waals surface area contributed by atoms with Crippen LogP contribution in [-0.2, 0) is 9.84 Å². The van der Waals surface area contributed by atoms with E-state index < -0.39 is 9.84 Å². The third-order valence-electron chi connectivity index (χ3n) is 1.96. The highest BCUT2D eigenvalue weighted by molar-refractivity contribution is 9.09. The van der Waals surface area contributed by atoms with E-state index in [1.807, 2.05) is 6.92 Å². The van der Waals surface area contributed by atoms with E-state index >= 15 is 0 Å². The van der Waals surface area contributed by atoms with Gasteiger partial charge >= 0.3 is 0 Å². The van der Waals surface area contributed by atoms with E-state index in [2.05, 4.69) is 15.9 Å². The Kier molecular flexibility index (Phi) is 4.54. The molecule has 0 bridgehead atoms. The summed E-state index contributed by atoms with van der Waals surface area (Å²) in [6.07, 6.45) is 1.73. The zero-order valence-electron chi connectivity index (χ0n) is 8.48. The second-order valence-electron chi connectivity index (χ2n) is 3.28.